The molecule has 34 heavy (non-hydrogen) atoms. The molecule has 8 nitrogen and oxygen atoms in total. The quantitative estimate of drug-likeness (QED) is 0.380. The SMILES string of the molecule is COc1cc(Cn2cccn2)cc2onc(NSc3cccc(N4CC5(CCNCC5)C4)c3)c12. The van der Waals surface area contributed by atoms with E-state index >= 15 is 0 Å². The van der Waals surface area contributed by atoms with Crippen LogP contribution in [0.25, 0.3) is 11.0 Å². The molecular weight excluding hydrogens is 448 g/mol. The van der Waals surface area contributed by atoms with Gasteiger partial charge in [0.2, 0.25) is 0 Å². The van der Waals surface area contributed by atoms with Crippen LogP contribution in [-0.4, -0.2) is 48.2 Å². The first-order valence-electron chi connectivity index (χ1n) is 11.6. The van der Waals surface area contributed by atoms with E-state index in [2.05, 4.69) is 49.5 Å². The van der Waals surface area contributed by atoms with Gasteiger partial charge in [-0.25, -0.2) is 0 Å². The minimum absolute atomic E-state index is 0.513. The highest BCUT2D eigenvalue weighted by atomic mass is 32.2. The summed E-state index contributed by atoms with van der Waals surface area (Å²) in [6, 6.07) is 14.6. The highest BCUT2D eigenvalue weighted by Crippen LogP contribution is 2.42. The molecule has 0 amide bonds. The number of benzene rings is 2. The van der Waals surface area contributed by atoms with Gasteiger partial charge in [0.1, 0.15) is 11.1 Å². The minimum Gasteiger partial charge on any atom is -0.496 e. The van der Waals surface area contributed by atoms with Gasteiger partial charge >= 0.3 is 0 Å². The molecule has 0 radical (unpaired) electrons. The lowest BCUT2D eigenvalue weighted by atomic mass is 9.72. The van der Waals surface area contributed by atoms with E-state index < -0.39 is 0 Å². The van der Waals surface area contributed by atoms with Crippen LogP contribution in [0.4, 0.5) is 11.5 Å². The molecule has 4 heterocycles. The van der Waals surface area contributed by atoms with Crippen LogP contribution in [0.3, 0.4) is 0 Å². The second kappa shape index (κ2) is 8.88. The molecule has 4 aromatic rings. The molecule has 1 spiro atoms. The Balaban J connectivity index is 1.16. The summed E-state index contributed by atoms with van der Waals surface area (Å²) in [6.07, 6.45) is 6.27. The van der Waals surface area contributed by atoms with E-state index in [1.807, 2.05) is 29.1 Å². The smallest absolute Gasteiger partial charge is 0.191 e. The summed E-state index contributed by atoms with van der Waals surface area (Å²) in [5.41, 5.74) is 3.52. The summed E-state index contributed by atoms with van der Waals surface area (Å²) in [4.78, 5) is 3.62. The summed E-state index contributed by atoms with van der Waals surface area (Å²) >= 11 is 1.53. The molecule has 6 rings (SSSR count). The van der Waals surface area contributed by atoms with E-state index in [1.165, 1.54) is 30.5 Å². The molecule has 2 aromatic heterocycles. The van der Waals surface area contributed by atoms with E-state index in [0.717, 1.165) is 47.8 Å². The van der Waals surface area contributed by atoms with Gasteiger partial charge < -0.3 is 24.2 Å². The Bertz CT molecular complexity index is 1270. The van der Waals surface area contributed by atoms with E-state index in [-0.39, 0.29) is 0 Å². The highest BCUT2D eigenvalue weighted by molar-refractivity contribution is 8.00. The number of nitrogens with zero attached hydrogens (tertiary/aromatic N) is 4. The maximum absolute atomic E-state index is 5.68. The van der Waals surface area contributed by atoms with Gasteiger partial charge in [0.15, 0.2) is 11.4 Å². The molecule has 0 saturated carbocycles. The Labute approximate surface area is 202 Å². The van der Waals surface area contributed by atoms with Crippen molar-refractivity contribution in [3.8, 4) is 5.75 Å². The standard InChI is InChI=1S/C25H28N6O2S/c1-32-21-12-18(15-31-11-3-8-27-31)13-22-23(21)24(28-33-22)29-34-20-5-2-4-19(14-20)30-16-25(17-30)6-9-26-10-7-25/h2-5,8,11-14,26H,6-7,9-10,15-17H2,1H3,(H,28,29). The van der Waals surface area contributed by atoms with Gasteiger partial charge in [0, 0.05) is 41.5 Å². The van der Waals surface area contributed by atoms with E-state index in [9.17, 15) is 0 Å². The van der Waals surface area contributed by atoms with Crippen LogP contribution in [0.2, 0.25) is 0 Å². The Hall–Kier alpha value is -3.17. The highest BCUT2D eigenvalue weighted by Gasteiger charge is 2.43. The monoisotopic (exact) mass is 476 g/mol. The number of rotatable bonds is 7. The average Bonchev–Trinajstić information content (AvgIpc) is 3.51. The molecule has 0 unspecified atom stereocenters. The Morgan fingerprint density at radius 2 is 2.06 bits per heavy atom. The molecule has 2 fully saturated rings. The number of anilines is 2. The third-order valence-electron chi connectivity index (χ3n) is 6.89. The second-order valence-corrected chi connectivity index (χ2v) is 10.1. The van der Waals surface area contributed by atoms with Crippen molar-refractivity contribution in [2.24, 2.45) is 5.41 Å². The van der Waals surface area contributed by atoms with E-state index in [0.29, 0.717) is 23.4 Å². The molecule has 0 bridgehead atoms. The summed E-state index contributed by atoms with van der Waals surface area (Å²) < 4.78 is 16.6. The van der Waals surface area contributed by atoms with Crippen molar-refractivity contribution < 1.29 is 9.26 Å². The maximum Gasteiger partial charge on any atom is 0.191 e. The zero-order valence-corrected chi connectivity index (χ0v) is 20.0. The van der Waals surface area contributed by atoms with Crippen LogP contribution in [0, 0.1) is 5.41 Å². The van der Waals surface area contributed by atoms with Crippen molar-refractivity contribution in [1.82, 2.24) is 20.3 Å². The maximum atomic E-state index is 5.68. The molecule has 2 N–H and O–H groups in total. The largest absolute Gasteiger partial charge is 0.496 e. The van der Waals surface area contributed by atoms with Gasteiger partial charge in [0.25, 0.3) is 0 Å². The predicted molar refractivity (Wildman–Crippen MR) is 135 cm³/mol. The lowest BCUT2D eigenvalue weighted by molar-refractivity contribution is 0.150. The zero-order chi connectivity index (χ0) is 23.0. The van der Waals surface area contributed by atoms with Gasteiger partial charge in [-0.1, -0.05) is 11.2 Å². The van der Waals surface area contributed by atoms with Gasteiger partial charge in [0.05, 0.1) is 13.7 Å². The van der Waals surface area contributed by atoms with Crippen LogP contribution >= 0.6 is 11.9 Å². The minimum atomic E-state index is 0.513. The van der Waals surface area contributed by atoms with Gasteiger partial charge in [-0.3, -0.25) is 4.68 Å². The Kier molecular flexibility index (Phi) is 5.58. The third kappa shape index (κ3) is 4.10. The molecule has 176 valence electrons. The predicted octanol–water partition coefficient (Wildman–Crippen LogP) is 4.39. The van der Waals surface area contributed by atoms with E-state index in [4.69, 9.17) is 9.26 Å². The van der Waals surface area contributed by atoms with Crippen molar-refractivity contribution in [3.63, 3.8) is 0 Å². The number of methoxy groups -OCH3 is 1. The van der Waals surface area contributed by atoms with Crippen LogP contribution in [0.5, 0.6) is 5.75 Å². The first-order chi connectivity index (χ1) is 16.7. The fourth-order valence-corrected chi connectivity index (χ4v) is 5.74. The van der Waals surface area contributed by atoms with Crippen molar-refractivity contribution in [3.05, 3.63) is 60.4 Å². The summed E-state index contributed by atoms with van der Waals surface area (Å²) in [6.45, 7) is 5.24. The molecule has 2 aliphatic heterocycles. The molecule has 0 atom stereocenters. The van der Waals surface area contributed by atoms with Gasteiger partial charge in [-0.05, 0) is 79.8 Å². The van der Waals surface area contributed by atoms with Crippen molar-refractivity contribution in [2.45, 2.75) is 24.3 Å². The number of nitrogens with one attached hydrogen (secondary N) is 2. The van der Waals surface area contributed by atoms with Crippen LogP contribution in [0.15, 0.2) is 64.3 Å². The summed E-state index contributed by atoms with van der Waals surface area (Å²) in [5, 5.41) is 12.9. The zero-order valence-electron chi connectivity index (χ0n) is 19.2. The molecular formula is C25H28N6O2S. The lowest BCUT2D eigenvalue weighted by Gasteiger charge is -2.53. The topological polar surface area (TPSA) is 80.4 Å². The molecule has 2 aliphatic rings. The first-order valence-corrected chi connectivity index (χ1v) is 12.5. The third-order valence-corrected chi connectivity index (χ3v) is 7.67. The molecule has 2 saturated heterocycles. The fraction of sp³-hybridized carbons (Fsp3) is 0.360. The average molecular weight is 477 g/mol. The second-order valence-electron chi connectivity index (χ2n) is 9.21. The van der Waals surface area contributed by atoms with Crippen molar-refractivity contribution >= 4 is 34.4 Å². The van der Waals surface area contributed by atoms with Gasteiger partial charge in [-0.2, -0.15) is 5.10 Å². The fourth-order valence-electron chi connectivity index (χ4n) is 5.06. The number of hydrogen-bond donors (Lipinski definition) is 2. The van der Waals surface area contributed by atoms with Crippen molar-refractivity contribution in [2.75, 3.05) is 42.9 Å². The van der Waals surface area contributed by atoms with Crippen LogP contribution in [-0.2, 0) is 6.54 Å². The van der Waals surface area contributed by atoms with Crippen molar-refractivity contribution in [1.29, 1.82) is 0 Å². The lowest BCUT2D eigenvalue weighted by Crippen LogP contribution is -2.60. The van der Waals surface area contributed by atoms with Crippen LogP contribution < -0.4 is 19.7 Å². The normalized spacial score (nSPS) is 17.1. The number of aromatic nitrogens is 3. The van der Waals surface area contributed by atoms with Crippen LogP contribution in [0.1, 0.15) is 18.4 Å². The Morgan fingerprint density at radius 1 is 1.18 bits per heavy atom. The number of hydrogen-bond acceptors (Lipinski definition) is 8. The van der Waals surface area contributed by atoms with E-state index in [1.54, 1.807) is 13.3 Å². The Morgan fingerprint density at radius 3 is 2.85 bits per heavy atom. The summed E-state index contributed by atoms with van der Waals surface area (Å²) in [5.74, 6) is 1.39. The number of fused-ring (bicyclic) bond motifs is 1. The first kappa shape index (κ1) is 21.4. The van der Waals surface area contributed by atoms with Gasteiger partial charge in [-0.15, -0.1) is 0 Å². The number of ether oxygens (including phenoxy) is 1. The number of piperidine rings is 1. The molecule has 0 aliphatic carbocycles. The molecule has 9 heteroatoms. The molecule has 2 aromatic carbocycles. The summed E-state index contributed by atoms with van der Waals surface area (Å²) in [7, 11) is 1.67.